The van der Waals surface area contributed by atoms with E-state index in [9.17, 15) is 19.5 Å². The molecule has 42 heavy (non-hydrogen) atoms. The smallest absolute Gasteiger partial charge is 0.323 e. The van der Waals surface area contributed by atoms with Gasteiger partial charge in [-0.15, -0.1) is 0 Å². The van der Waals surface area contributed by atoms with Gasteiger partial charge in [0, 0.05) is 30.9 Å². The van der Waals surface area contributed by atoms with Gasteiger partial charge < -0.3 is 40.3 Å². The molecule has 1 aliphatic heterocycles. The number of hydrogen-bond acceptors (Lipinski definition) is 6. The van der Waals surface area contributed by atoms with Gasteiger partial charge in [0.2, 0.25) is 0 Å². The topological polar surface area (TPSA) is 132 Å². The van der Waals surface area contributed by atoms with Crippen molar-refractivity contribution >= 4 is 35.0 Å². The zero-order valence-electron chi connectivity index (χ0n) is 24.2. The average molecular weight is 576 g/mol. The summed E-state index contributed by atoms with van der Waals surface area (Å²) in [5.74, 6) is 0.310. The number of para-hydroxylation sites is 2. The van der Waals surface area contributed by atoms with Gasteiger partial charge >= 0.3 is 12.1 Å². The highest BCUT2D eigenvalue weighted by atomic mass is 16.5. The van der Waals surface area contributed by atoms with Crippen molar-refractivity contribution in [2.75, 3.05) is 49.8 Å². The number of ether oxygens (including phenoxy) is 2. The minimum atomic E-state index is -0.558. The summed E-state index contributed by atoms with van der Waals surface area (Å²) >= 11 is 0. The molecular formula is C31H37N5O6. The van der Waals surface area contributed by atoms with E-state index in [1.54, 1.807) is 92.7 Å². The zero-order valence-corrected chi connectivity index (χ0v) is 24.2. The highest BCUT2D eigenvalue weighted by Crippen LogP contribution is 2.35. The number of amides is 5. The van der Waals surface area contributed by atoms with Crippen LogP contribution in [0.4, 0.5) is 26.7 Å². The Balaban J connectivity index is 1.60. The maximum Gasteiger partial charge on any atom is 0.323 e. The van der Waals surface area contributed by atoms with Crippen LogP contribution >= 0.6 is 0 Å². The second-order valence-corrected chi connectivity index (χ2v) is 10.3. The SMILES string of the molecule is COc1ccc(NC(=O)N(C)C[C@@H]2Oc3c(NC(=O)Nc4ccccc4)cccc3C(=O)N([C@@H](C)CO)C[C@@H]2C)cc1. The molecule has 5 amide bonds. The van der Waals surface area contributed by atoms with Gasteiger partial charge in [-0.1, -0.05) is 31.2 Å². The fourth-order valence-electron chi connectivity index (χ4n) is 4.61. The van der Waals surface area contributed by atoms with E-state index >= 15 is 0 Å². The number of aliphatic hydroxyl groups excluding tert-OH is 1. The molecule has 11 nitrogen and oxygen atoms in total. The molecule has 3 aromatic carbocycles. The summed E-state index contributed by atoms with van der Waals surface area (Å²) in [6.07, 6.45) is -0.558. The molecule has 1 aliphatic rings. The predicted octanol–water partition coefficient (Wildman–Crippen LogP) is 4.72. The van der Waals surface area contributed by atoms with Crippen molar-refractivity contribution in [3.05, 3.63) is 78.4 Å². The maximum atomic E-state index is 13.7. The molecule has 0 fully saturated rings. The maximum absolute atomic E-state index is 13.7. The van der Waals surface area contributed by atoms with Crippen LogP contribution in [0.2, 0.25) is 0 Å². The first-order chi connectivity index (χ1) is 20.2. The molecule has 3 aromatic rings. The molecule has 0 radical (unpaired) electrons. The number of carbonyl (C=O) groups is 3. The number of urea groups is 2. The Morgan fingerprint density at radius 2 is 1.71 bits per heavy atom. The van der Waals surface area contributed by atoms with Gasteiger partial charge in [-0.3, -0.25) is 4.79 Å². The van der Waals surface area contributed by atoms with Gasteiger partial charge in [0.15, 0.2) is 5.75 Å². The third-order valence-corrected chi connectivity index (χ3v) is 7.11. The van der Waals surface area contributed by atoms with Crippen molar-refractivity contribution < 1.29 is 29.0 Å². The summed E-state index contributed by atoms with van der Waals surface area (Å²) in [7, 11) is 3.23. The number of nitrogens with zero attached hydrogens (tertiary/aromatic N) is 2. The molecule has 222 valence electrons. The van der Waals surface area contributed by atoms with Gasteiger partial charge in [-0.05, 0) is 55.5 Å². The van der Waals surface area contributed by atoms with Crippen LogP contribution in [0.15, 0.2) is 72.8 Å². The van der Waals surface area contributed by atoms with Crippen molar-refractivity contribution in [2.45, 2.75) is 26.0 Å². The second-order valence-electron chi connectivity index (χ2n) is 10.3. The molecule has 4 rings (SSSR count). The average Bonchev–Trinajstić information content (AvgIpc) is 2.99. The minimum Gasteiger partial charge on any atom is -0.497 e. The van der Waals surface area contributed by atoms with Crippen LogP contribution in [-0.2, 0) is 0 Å². The highest BCUT2D eigenvalue weighted by Gasteiger charge is 2.35. The quantitative estimate of drug-likeness (QED) is 0.307. The highest BCUT2D eigenvalue weighted by molar-refractivity contribution is 6.04. The Hall–Kier alpha value is -4.77. The molecule has 11 heteroatoms. The number of carbonyl (C=O) groups excluding carboxylic acids is 3. The molecule has 0 saturated heterocycles. The molecule has 0 unspecified atom stereocenters. The van der Waals surface area contributed by atoms with E-state index in [0.29, 0.717) is 29.4 Å². The van der Waals surface area contributed by atoms with E-state index < -0.39 is 18.2 Å². The predicted molar refractivity (Wildman–Crippen MR) is 161 cm³/mol. The van der Waals surface area contributed by atoms with Crippen molar-refractivity contribution in [3.8, 4) is 11.5 Å². The summed E-state index contributed by atoms with van der Waals surface area (Å²) in [5.41, 5.74) is 1.75. The van der Waals surface area contributed by atoms with E-state index in [0.717, 1.165) is 0 Å². The monoisotopic (exact) mass is 575 g/mol. The van der Waals surface area contributed by atoms with Gasteiger partial charge in [-0.2, -0.15) is 0 Å². The number of fused-ring (bicyclic) bond motifs is 1. The standard InChI is InChI=1S/C31H37N5O6/c1-20-17-36(21(2)19-37)29(38)25-11-8-12-26(34-30(39)32-22-9-6-5-7-10-22)28(25)42-27(20)18-35(3)31(40)33-23-13-15-24(41-4)16-14-23/h5-16,20-21,27,37H,17-19H2,1-4H3,(H,33,40)(H2,32,34,39)/t20-,21-,27-/m0/s1. The number of likely N-dealkylation sites (N-methyl/N-ethyl adjacent to an activating group) is 1. The lowest BCUT2D eigenvalue weighted by Crippen LogP contribution is -2.50. The molecule has 0 aromatic heterocycles. The van der Waals surface area contributed by atoms with Crippen LogP contribution in [0.25, 0.3) is 0 Å². The molecule has 0 saturated carbocycles. The summed E-state index contributed by atoms with van der Waals surface area (Å²) in [6.45, 7) is 3.95. The Labute approximate surface area is 245 Å². The van der Waals surface area contributed by atoms with Gasteiger partial charge in [0.05, 0.1) is 37.6 Å². The number of anilines is 3. The molecule has 4 N–H and O–H groups in total. The van der Waals surface area contributed by atoms with Gasteiger partial charge in [0.25, 0.3) is 5.91 Å². The van der Waals surface area contributed by atoms with Gasteiger partial charge in [0.1, 0.15) is 11.9 Å². The number of aliphatic hydroxyl groups is 1. The first-order valence-corrected chi connectivity index (χ1v) is 13.7. The van der Waals surface area contributed by atoms with Crippen LogP contribution in [0.5, 0.6) is 11.5 Å². The van der Waals surface area contributed by atoms with E-state index in [2.05, 4.69) is 16.0 Å². The lowest BCUT2D eigenvalue weighted by Gasteiger charge is -2.38. The largest absolute Gasteiger partial charge is 0.497 e. The van der Waals surface area contributed by atoms with Crippen molar-refractivity contribution in [1.29, 1.82) is 0 Å². The lowest BCUT2D eigenvalue weighted by molar-refractivity contribution is 0.0373. The Kier molecular flexibility index (Phi) is 9.87. The van der Waals surface area contributed by atoms with E-state index in [1.807, 2.05) is 13.0 Å². The normalized spacial score (nSPS) is 17.1. The molecule has 1 heterocycles. The lowest BCUT2D eigenvalue weighted by atomic mass is 9.99. The van der Waals surface area contributed by atoms with Crippen LogP contribution < -0.4 is 25.4 Å². The molecular weight excluding hydrogens is 538 g/mol. The van der Waals surface area contributed by atoms with Crippen LogP contribution in [-0.4, -0.2) is 78.9 Å². The molecule has 0 spiro atoms. The van der Waals surface area contributed by atoms with Crippen LogP contribution in [0, 0.1) is 5.92 Å². The summed E-state index contributed by atoms with van der Waals surface area (Å²) in [5, 5.41) is 18.3. The third-order valence-electron chi connectivity index (χ3n) is 7.11. The fraction of sp³-hybridized carbons (Fsp3) is 0.323. The number of methoxy groups -OCH3 is 1. The molecule has 0 bridgehead atoms. The van der Waals surface area contributed by atoms with Crippen molar-refractivity contribution in [2.24, 2.45) is 5.92 Å². The number of benzene rings is 3. The Morgan fingerprint density at radius 1 is 1.02 bits per heavy atom. The van der Waals surface area contributed by atoms with Crippen LogP contribution in [0.1, 0.15) is 24.2 Å². The summed E-state index contributed by atoms with van der Waals surface area (Å²) in [6, 6.07) is 19.6. The third kappa shape index (κ3) is 7.29. The molecule has 3 atom stereocenters. The minimum absolute atomic E-state index is 0.183. The van der Waals surface area contributed by atoms with Crippen molar-refractivity contribution in [3.63, 3.8) is 0 Å². The van der Waals surface area contributed by atoms with E-state index in [1.165, 1.54) is 4.90 Å². The number of hydrogen-bond donors (Lipinski definition) is 4. The van der Waals surface area contributed by atoms with Crippen LogP contribution in [0.3, 0.4) is 0 Å². The summed E-state index contributed by atoms with van der Waals surface area (Å²) < 4.78 is 11.6. The molecule has 0 aliphatic carbocycles. The second kappa shape index (κ2) is 13.7. The van der Waals surface area contributed by atoms with E-state index in [4.69, 9.17) is 9.47 Å². The van der Waals surface area contributed by atoms with Gasteiger partial charge in [-0.25, -0.2) is 9.59 Å². The fourth-order valence-corrected chi connectivity index (χ4v) is 4.61. The first-order valence-electron chi connectivity index (χ1n) is 13.7. The summed E-state index contributed by atoms with van der Waals surface area (Å²) in [4.78, 5) is 42.7. The Bertz CT molecular complexity index is 1380. The Morgan fingerprint density at radius 3 is 2.38 bits per heavy atom. The number of rotatable bonds is 8. The zero-order chi connectivity index (χ0) is 30.2. The first kappa shape index (κ1) is 30.2. The van der Waals surface area contributed by atoms with E-state index in [-0.39, 0.29) is 42.3 Å². The van der Waals surface area contributed by atoms with Crippen molar-refractivity contribution in [1.82, 2.24) is 9.80 Å². The number of nitrogens with one attached hydrogen (secondary N) is 3.